The van der Waals surface area contributed by atoms with Crippen molar-refractivity contribution in [3.8, 4) is 0 Å². The van der Waals surface area contributed by atoms with Crippen molar-refractivity contribution in [3.63, 3.8) is 0 Å². The van der Waals surface area contributed by atoms with Gasteiger partial charge in [-0.15, -0.1) is 5.10 Å². The Balaban J connectivity index is 1.44. The fourth-order valence-corrected chi connectivity index (χ4v) is 4.07. The van der Waals surface area contributed by atoms with Gasteiger partial charge in [-0.2, -0.15) is 0 Å². The van der Waals surface area contributed by atoms with E-state index in [9.17, 15) is 9.59 Å². The second kappa shape index (κ2) is 9.00. The summed E-state index contributed by atoms with van der Waals surface area (Å²) < 4.78 is 1.85. The summed E-state index contributed by atoms with van der Waals surface area (Å²) in [5, 5.41) is 10.7. The minimum absolute atomic E-state index is 0.256. The Morgan fingerprint density at radius 2 is 1.81 bits per heavy atom. The van der Waals surface area contributed by atoms with Crippen molar-refractivity contribution in [1.29, 1.82) is 0 Å². The number of nitrogens with two attached hydrogens (primary N) is 1. The summed E-state index contributed by atoms with van der Waals surface area (Å²) in [7, 11) is 0. The Labute approximate surface area is 154 Å². The van der Waals surface area contributed by atoms with E-state index in [0.717, 1.165) is 32.4 Å². The lowest BCUT2D eigenvalue weighted by Crippen LogP contribution is -2.39. The van der Waals surface area contributed by atoms with Crippen LogP contribution in [0.25, 0.3) is 0 Å². The molecule has 8 nitrogen and oxygen atoms in total. The van der Waals surface area contributed by atoms with Crippen molar-refractivity contribution in [1.82, 2.24) is 25.2 Å². The fourth-order valence-electron chi connectivity index (χ4n) is 4.07. The molecule has 144 valence electrons. The summed E-state index contributed by atoms with van der Waals surface area (Å²) in [5.41, 5.74) is 5.76. The molecule has 1 aromatic heterocycles. The lowest BCUT2D eigenvalue weighted by Gasteiger charge is -2.32. The van der Waals surface area contributed by atoms with Crippen molar-refractivity contribution in [3.05, 3.63) is 11.9 Å². The summed E-state index contributed by atoms with van der Waals surface area (Å²) in [6.45, 7) is 1.85. The van der Waals surface area contributed by atoms with Gasteiger partial charge in [0.15, 0.2) is 0 Å². The molecule has 2 heterocycles. The normalized spacial score (nSPS) is 19.9. The van der Waals surface area contributed by atoms with E-state index in [1.165, 1.54) is 38.5 Å². The Bertz CT molecular complexity index is 601. The average molecular weight is 362 g/mol. The monoisotopic (exact) mass is 362 g/mol. The number of amides is 3. The summed E-state index contributed by atoms with van der Waals surface area (Å²) in [5.74, 6) is 0.902. The van der Waals surface area contributed by atoms with Gasteiger partial charge >= 0.3 is 6.03 Å². The van der Waals surface area contributed by atoms with E-state index in [1.54, 1.807) is 0 Å². The zero-order valence-electron chi connectivity index (χ0n) is 15.4. The second-order valence-corrected chi connectivity index (χ2v) is 7.58. The maximum absolute atomic E-state index is 12.6. The molecule has 0 spiro atoms. The molecule has 0 bridgehead atoms. The van der Waals surface area contributed by atoms with Gasteiger partial charge in [0, 0.05) is 19.5 Å². The molecule has 1 saturated carbocycles. The molecular formula is C18H30N6O2. The first-order valence-electron chi connectivity index (χ1n) is 9.83. The van der Waals surface area contributed by atoms with Crippen molar-refractivity contribution >= 4 is 11.9 Å². The number of piperidine rings is 1. The summed E-state index contributed by atoms with van der Waals surface area (Å²) in [6, 6.07) is -0.313. The molecule has 26 heavy (non-hydrogen) atoms. The van der Waals surface area contributed by atoms with Crippen molar-refractivity contribution in [2.24, 2.45) is 11.7 Å². The van der Waals surface area contributed by atoms with Crippen LogP contribution in [0.15, 0.2) is 6.20 Å². The van der Waals surface area contributed by atoms with Crippen molar-refractivity contribution < 1.29 is 9.59 Å². The average Bonchev–Trinajstić information content (AvgIpc) is 2.97. The molecule has 0 radical (unpaired) electrons. The van der Waals surface area contributed by atoms with E-state index in [-0.39, 0.29) is 12.6 Å². The number of hydrogen-bond donors (Lipinski definition) is 2. The minimum Gasteiger partial charge on any atom is -0.352 e. The number of carbonyl (C=O) groups is 2. The van der Waals surface area contributed by atoms with Crippen LogP contribution in [0.4, 0.5) is 4.79 Å². The number of likely N-dealkylation sites (tertiary alicyclic amines) is 1. The van der Waals surface area contributed by atoms with E-state index in [4.69, 9.17) is 5.73 Å². The number of urea groups is 1. The van der Waals surface area contributed by atoms with Crippen LogP contribution in [0, 0.1) is 5.92 Å². The maximum atomic E-state index is 12.6. The highest BCUT2D eigenvalue weighted by Gasteiger charge is 2.26. The second-order valence-electron chi connectivity index (χ2n) is 7.58. The standard InChI is InChI=1S/C18H30N6O2/c19-18(26)20-12-15-13-24(22-21-15)16-7-9-23(10-8-16)17(25)11-14-5-3-1-2-4-6-14/h13-14,16H,1-12H2,(H3,19,20,26). The van der Waals surface area contributed by atoms with E-state index in [2.05, 4.69) is 15.6 Å². The van der Waals surface area contributed by atoms with Crippen LogP contribution >= 0.6 is 0 Å². The summed E-state index contributed by atoms with van der Waals surface area (Å²) in [4.78, 5) is 25.4. The number of primary amides is 1. The molecule has 3 rings (SSSR count). The predicted octanol–water partition coefficient (Wildman–Crippen LogP) is 1.97. The number of carbonyl (C=O) groups excluding carboxylic acids is 2. The third kappa shape index (κ3) is 5.19. The molecule has 3 N–H and O–H groups in total. The zero-order chi connectivity index (χ0) is 18.4. The molecule has 0 unspecified atom stereocenters. The third-order valence-electron chi connectivity index (χ3n) is 5.63. The van der Waals surface area contributed by atoms with Crippen LogP contribution in [0.3, 0.4) is 0 Å². The topological polar surface area (TPSA) is 106 Å². The highest BCUT2D eigenvalue weighted by molar-refractivity contribution is 5.76. The lowest BCUT2D eigenvalue weighted by atomic mass is 9.95. The molecule has 2 fully saturated rings. The van der Waals surface area contributed by atoms with Crippen LogP contribution in [0.5, 0.6) is 0 Å². The Morgan fingerprint density at radius 3 is 2.46 bits per heavy atom. The zero-order valence-corrected chi connectivity index (χ0v) is 15.4. The van der Waals surface area contributed by atoms with Gasteiger partial charge in [0.25, 0.3) is 0 Å². The largest absolute Gasteiger partial charge is 0.352 e. The van der Waals surface area contributed by atoms with Crippen LogP contribution in [0.1, 0.15) is 69.5 Å². The fraction of sp³-hybridized carbons (Fsp3) is 0.778. The van der Waals surface area contributed by atoms with Crippen LogP contribution in [0.2, 0.25) is 0 Å². The van der Waals surface area contributed by atoms with Gasteiger partial charge < -0.3 is 16.0 Å². The highest BCUT2D eigenvalue weighted by Crippen LogP contribution is 2.28. The summed E-state index contributed by atoms with van der Waals surface area (Å²) >= 11 is 0. The lowest BCUT2D eigenvalue weighted by molar-refractivity contribution is -0.133. The van der Waals surface area contributed by atoms with E-state index >= 15 is 0 Å². The predicted molar refractivity (Wildman–Crippen MR) is 97.1 cm³/mol. The number of nitrogens with one attached hydrogen (secondary N) is 1. The van der Waals surface area contributed by atoms with Crippen molar-refractivity contribution in [2.45, 2.75) is 70.4 Å². The molecule has 2 aliphatic rings. The van der Waals surface area contributed by atoms with Gasteiger partial charge in [-0.1, -0.05) is 30.9 Å². The van der Waals surface area contributed by atoms with E-state index < -0.39 is 6.03 Å². The number of aromatic nitrogens is 3. The van der Waals surface area contributed by atoms with Gasteiger partial charge in [-0.25, -0.2) is 9.48 Å². The van der Waals surface area contributed by atoms with Gasteiger partial charge in [-0.3, -0.25) is 4.79 Å². The minimum atomic E-state index is -0.569. The maximum Gasteiger partial charge on any atom is 0.312 e. The van der Waals surface area contributed by atoms with E-state index in [0.29, 0.717) is 17.5 Å². The van der Waals surface area contributed by atoms with Gasteiger partial charge in [0.1, 0.15) is 5.69 Å². The summed E-state index contributed by atoms with van der Waals surface area (Å²) in [6.07, 6.45) is 12.0. The molecular weight excluding hydrogens is 332 g/mol. The molecule has 0 atom stereocenters. The molecule has 8 heteroatoms. The van der Waals surface area contributed by atoms with Crippen LogP contribution < -0.4 is 11.1 Å². The van der Waals surface area contributed by atoms with Crippen molar-refractivity contribution in [2.75, 3.05) is 13.1 Å². The molecule has 0 aromatic carbocycles. The SMILES string of the molecule is NC(=O)NCc1cn(C2CCN(C(=O)CC3CCCCCC3)CC2)nn1. The van der Waals surface area contributed by atoms with E-state index in [1.807, 2.05) is 15.8 Å². The van der Waals surface area contributed by atoms with Crippen LogP contribution in [-0.2, 0) is 11.3 Å². The Kier molecular flexibility index (Phi) is 6.46. The molecule has 1 saturated heterocycles. The first-order valence-corrected chi connectivity index (χ1v) is 9.83. The van der Waals surface area contributed by atoms with Crippen LogP contribution in [-0.4, -0.2) is 44.9 Å². The first-order chi connectivity index (χ1) is 12.6. The number of nitrogens with zero attached hydrogens (tertiary/aromatic N) is 4. The smallest absolute Gasteiger partial charge is 0.312 e. The highest BCUT2D eigenvalue weighted by atomic mass is 16.2. The van der Waals surface area contributed by atoms with Gasteiger partial charge in [0.05, 0.1) is 18.8 Å². The number of hydrogen-bond acceptors (Lipinski definition) is 4. The van der Waals surface area contributed by atoms with Gasteiger partial charge in [0.2, 0.25) is 5.91 Å². The Hall–Kier alpha value is -2.12. The quantitative estimate of drug-likeness (QED) is 0.781. The molecule has 3 amide bonds. The third-order valence-corrected chi connectivity index (χ3v) is 5.63. The van der Waals surface area contributed by atoms with Gasteiger partial charge in [-0.05, 0) is 31.6 Å². The molecule has 1 aliphatic carbocycles. The molecule has 1 aromatic rings. The molecule has 1 aliphatic heterocycles. The number of rotatable bonds is 5. The first kappa shape index (κ1) is 18.7. The Morgan fingerprint density at radius 1 is 1.12 bits per heavy atom.